The van der Waals surface area contributed by atoms with Crippen LogP contribution in [-0.4, -0.2) is 38.0 Å². The summed E-state index contributed by atoms with van der Waals surface area (Å²) in [5, 5.41) is 6.72. The number of rotatable bonds is 6. The Kier molecular flexibility index (Phi) is 5.26. The van der Waals surface area contributed by atoms with E-state index in [0.717, 1.165) is 16.6 Å². The van der Waals surface area contributed by atoms with Gasteiger partial charge in [0.05, 0.1) is 17.6 Å². The van der Waals surface area contributed by atoms with Gasteiger partial charge < -0.3 is 9.84 Å². The maximum Gasteiger partial charge on any atom is 0.255 e. The van der Waals surface area contributed by atoms with E-state index in [9.17, 15) is 4.79 Å². The summed E-state index contributed by atoms with van der Waals surface area (Å²) in [6.45, 7) is 2.97. The van der Waals surface area contributed by atoms with E-state index in [-0.39, 0.29) is 5.91 Å². The lowest BCUT2D eigenvalue weighted by molar-refractivity contribution is 0.102. The van der Waals surface area contributed by atoms with Crippen molar-refractivity contribution < 1.29 is 9.32 Å². The van der Waals surface area contributed by atoms with Gasteiger partial charge in [-0.05, 0) is 49.9 Å². The number of aryl methyl sites for hydroxylation is 1. The molecular formula is C21H20N6O2. The van der Waals surface area contributed by atoms with Crippen LogP contribution in [0.15, 0.2) is 59.4 Å². The third-order valence-corrected chi connectivity index (χ3v) is 4.34. The number of anilines is 1. The summed E-state index contributed by atoms with van der Waals surface area (Å²) in [4.78, 5) is 27.5. The molecule has 0 saturated carbocycles. The van der Waals surface area contributed by atoms with Gasteiger partial charge in [0.1, 0.15) is 0 Å². The fourth-order valence-electron chi connectivity index (χ4n) is 3.06. The minimum absolute atomic E-state index is 0.176. The number of carbonyl (C=O) groups is 1. The Balaban J connectivity index is 1.43. The van der Waals surface area contributed by atoms with Crippen LogP contribution in [-0.2, 0) is 13.1 Å². The van der Waals surface area contributed by atoms with Crippen molar-refractivity contribution in [1.82, 2.24) is 25.0 Å². The fraction of sp³-hybridized carbons (Fsp3) is 0.190. The largest absolute Gasteiger partial charge is 0.338 e. The van der Waals surface area contributed by atoms with Crippen molar-refractivity contribution in [2.24, 2.45) is 0 Å². The molecular weight excluding hydrogens is 368 g/mol. The molecule has 0 saturated heterocycles. The molecule has 0 radical (unpaired) electrons. The number of hydrogen-bond acceptors (Lipinski definition) is 7. The van der Waals surface area contributed by atoms with Crippen molar-refractivity contribution in [3.63, 3.8) is 0 Å². The van der Waals surface area contributed by atoms with Crippen LogP contribution in [0.4, 0.5) is 5.69 Å². The van der Waals surface area contributed by atoms with Gasteiger partial charge in [0, 0.05) is 30.2 Å². The van der Waals surface area contributed by atoms with E-state index in [4.69, 9.17) is 4.52 Å². The van der Waals surface area contributed by atoms with Crippen molar-refractivity contribution in [3.8, 4) is 0 Å². The van der Waals surface area contributed by atoms with Crippen molar-refractivity contribution in [2.75, 3.05) is 12.4 Å². The molecule has 0 bridgehead atoms. The van der Waals surface area contributed by atoms with Crippen molar-refractivity contribution in [3.05, 3.63) is 77.7 Å². The number of aromatic nitrogens is 4. The zero-order valence-corrected chi connectivity index (χ0v) is 16.2. The average Bonchev–Trinajstić information content (AvgIpc) is 3.12. The van der Waals surface area contributed by atoms with Gasteiger partial charge in [0.2, 0.25) is 5.89 Å². The van der Waals surface area contributed by atoms with Gasteiger partial charge in [-0.25, -0.2) is 0 Å². The first-order valence-electron chi connectivity index (χ1n) is 9.15. The second-order valence-corrected chi connectivity index (χ2v) is 6.82. The second-order valence-electron chi connectivity index (χ2n) is 6.82. The minimum atomic E-state index is -0.176. The highest BCUT2D eigenvalue weighted by atomic mass is 16.5. The monoisotopic (exact) mass is 388 g/mol. The molecule has 2 heterocycles. The highest BCUT2D eigenvalue weighted by Crippen LogP contribution is 2.17. The van der Waals surface area contributed by atoms with Crippen LogP contribution in [0, 0.1) is 6.92 Å². The Bertz CT molecular complexity index is 1160. The van der Waals surface area contributed by atoms with Crippen LogP contribution in [0.1, 0.15) is 27.6 Å². The first kappa shape index (κ1) is 18.7. The minimum Gasteiger partial charge on any atom is -0.338 e. The van der Waals surface area contributed by atoms with E-state index in [2.05, 4.69) is 25.4 Å². The molecule has 0 atom stereocenters. The molecule has 0 aliphatic heterocycles. The molecule has 0 aliphatic carbocycles. The molecule has 0 spiro atoms. The lowest BCUT2D eigenvalue weighted by Gasteiger charge is -2.15. The van der Waals surface area contributed by atoms with Gasteiger partial charge in [-0.3, -0.25) is 19.7 Å². The van der Waals surface area contributed by atoms with Crippen LogP contribution in [0.25, 0.3) is 11.0 Å². The average molecular weight is 388 g/mol. The summed E-state index contributed by atoms with van der Waals surface area (Å²) in [6, 6.07) is 13.0. The molecule has 8 heteroatoms. The van der Waals surface area contributed by atoms with Gasteiger partial charge in [-0.2, -0.15) is 4.98 Å². The van der Waals surface area contributed by atoms with Crippen LogP contribution >= 0.6 is 0 Å². The maximum atomic E-state index is 12.7. The first-order valence-corrected chi connectivity index (χ1v) is 9.15. The molecule has 29 heavy (non-hydrogen) atoms. The standard InChI is InChI=1S/C21H20N6O2/c1-14-24-20(29-26-14)13-27(2)12-15-4-3-5-16(10-15)21(28)25-17-6-7-18-19(11-17)23-9-8-22-18/h3-11H,12-13H2,1-2H3,(H,25,28). The Labute approximate surface area is 167 Å². The molecule has 146 valence electrons. The maximum absolute atomic E-state index is 12.7. The van der Waals surface area contributed by atoms with Gasteiger partial charge in [-0.15, -0.1) is 0 Å². The third kappa shape index (κ3) is 4.61. The Morgan fingerprint density at radius 3 is 2.69 bits per heavy atom. The summed E-state index contributed by atoms with van der Waals surface area (Å²) in [6.07, 6.45) is 3.27. The zero-order valence-electron chi connectivity index (χ0n) is 16.2. The summed E-state index contributed by atoms with van der Waals surface area (Å²) >= 11 is 0. The molecule has 0 aliphatic rings. The Hall–Kier alpha value is -3.65. The van der Waals surface area contributed by atoms with E-state index in [0.29, 0.717) is 36.1 Å². The number of hydrogen-bond donors (Lipinski definition) is 1. The number of fused-ring (bicyclic) bond motifs is 1. The van der Waals surface area contributed by atoms with Crippen LogP contribution in [0.2, 0.25) is 0 Å². The topological polar surface area (TPSA) is 97.0 Å². The smallest absolute Gasteiger partial charge is 0.255 e. The second kappa shape index (κ2) is 8.15. The highest BCUT2D eigenvalue weighted by Gasteiger charge is 2.11. The van der Waals surface area contributed by atoms with E-state index in [1.165, 1.54) is 0 Å². The fourth-order valence-corrected chi connectivity index (χ4v) is 3.06. The van der Waals surface area contributed by atoms with E-state index < -0.39 is 0 Å². The predicted molar refractivity (Wildman–Crippen MR) is 108 cm³/mol. The molecule has 2 aromatic carbocycles. The molecule has 1 amide bonds. The number of amides is 1. The van der Waals surface area contributed by atoms with E-state index >= 15 is 0 Å². The Morgan fingerprint density at radius 1 is 1.07 bits per heavy atom. The zero-order chi connectivity index (χ0) is 20.2. The SMILES string of the molecule is Cc1noc(CN(C)Cc2cccc(C(=O)Nc3ccc4nccnc4c3)c2)n1. The summed E-state index contributed by atoms with van der Waals surface area (Å²) in [7, 11) is 1.96. The van der Waals surface area contributed by atoms with Gasteiger partial charge in [0.25, 0.3) is 5.91 Å². The summed E-state index contributed by atoms with van der Waals surface area (Å²) in [5.41, 5.74) is 3.80. The number of nitrogens with zero attached hydrogens (tertiary/aromatic N) is 5. The van der Waals surface area contributed by atoms with Crippen molar-refractivity contribution >= 4 is 22.6 Å². The molecule has 4 rings (SSSR count). The number of carbonyl (C=O) groups excluding carboxylic acids is 1. The quantitative estimate of drug-likeness (QED) is 0.542. The summed E-state index contributed by atoms with van der Waals surface area (Å²) in [5.74, 6) is 1.01. The Morgan fingerprint density at radius 2 is 1.90 bits per heavy atom. The molecule has 8 nitrogen and oxygen atoms in total. The van der Waals surface area contributed by atoms with Gasteiger partial charge in [-0.1, -0.05) is 17.3 Å². The summed E-state index contributed by atoms with van der Waals surface area (Å²) < 4.78 is 5.16. The van der Waals surface area contributed by atoms with E-state index in [1.54, 1.807) is 25.4 Å². The van der Waals surface area contributed by atoms with Crippen LogP contribution < -0.4 is 5.32 Å². The van der Waals surface area contributed by atoms with Crippen molar-refractivity contribution in [1.29, 1.82) is 0 Å². The molecule has 2 aromatic heterocycles. The first-order chi connectivity index (χ1) is 14.1. The predicted octanol–water partition coefficient (Wildman–Crippen LogP) is 3.21. The molecule has 0 unspecified atom stereocenters. The highest BCUT2D eigenvalue weighted by molar-refractivity contribution is 6.05. The van der Waals surface area contributed by atoms with Gasteiger partial charge >= 0.3 is 0 Å². The number of benzene rings is 2. The lowest BCUT2D eigenvalue weighted by Crippen LogP contribution is -2.18. The molecule has 4 aromatic rings. The van der Waals surface area contributed by atoms with E-state index in [1.807, 2.05) is 48.3 Å². The van der Waals surface area contributed by atoms with Gasteiger partial charge in [0.15, 0.2) is 5.82 Å². The van der Waals surface area contributed by atoms with Crippen LogP contribution in [0.3, 0.4) is 0 Å². The number of nitrogens with one attached hydrogen (secondary N) is 1. The lowest BCUT2D eigenvalue weighted by atomic mass is 10.1. The molecule has 0 fully saturated rings. The van der Waals surface area contributed by atoms with Crippen LogP contribution in [0.5, 0.6) is 0 Å². The third-order valence-electron chi connectivity index (χ3n) is 4.34. The molecule has 1 N–H and O–H groups in total. The van der Waals surface area contributed by atoms with Crippen molar-refractivity contribution in [2.45, 2.75) is 20.0 Å². The normalized spacial score (nSPS) is 11.1.